The molecule has 0 aliphatic carbocycles. The molecule has 0 saturated carbocycles. The zero-order chi connectivity index (χ0) is 18.6. The molecule has 0 radical (unpaired) electrons. The number of hydrogen-bond acceptors (Lipinski definition) is 3. The number of halogens is 4. The molecule has 1 aromatic carbocycles. The smallest absolute Gasteiger partial charge is 0.336 e. The van der Waals surface area contributed by atoms with Crippen molar-refractivity contribution in [3.05, 3.63) is 52.0 Å². The summed E-state index contributed by atoms with van der Waals surface area (Å²) in [6, 6.07) is 5.42. The van der Waals surface area contributed by atoms with Gasteiger partial charge in [-0.3, -0.25) is 0 Å². The molecule has 1 aromatic heterocycles. The highest BCUT2D eigenvalue weighted by atomic mass is 32.1. The topological polar surface area (TPSA) is 44.4 Å². The molecule has 1 unspecified atom stereocenters. The summed E-state index contributed by atoms with van der Waals surface area (Å²) in [7, 11) is 3.72. The molecule has 0 aliphatic heterocycles. The molecule has 1 heterocycles. The molecular weight excluding hydrogens is 358 g/mol. The molecule has 0 saturated heterocycles. The lowest BCUT2D eigenvalue weighted by atomic mass is 10.2. The average Bonchev–Trinajstić information content (AvgIpc) is 3.02. The van der Waals surface area contributed by atoms with E-state index in [2.05, 4.69) is 10.6 Å². The fourth-order valence-corrected chi connectivity index (χ4v) is 3.13. The van der Waals surface area contributed by atoms with Gasteiger partial charge in [0.1, 0.15) is 5.82 Å². The molecule has 2 N–H and O–H groups in total. The molecule has 0 fully saturated rings. The van der Waals surface area contributed by atoms with Gasteiger partial charge in [0.05, 0.1) is 11.6 Å². The van der Waals surface area contributed by atoms with E-state index in [1.807, 2.05) is 36.5 Å². The number of likely N-dealkylation sites (N-methyl/N-ethyl adjacent to an activating group) is 1. The van der Waals surface area contributed by atoms with Gasteiger partial charge in [0.2, 0.25) is 0 Å². The number of rotatable bonds is 5. The highest BCUT2D eigenvalue weighted by Gasteiger charge is 2.34. The summed E-state index contributed by atoms with van der Waals surface area (Å²) in [5, 5.41) is 6.82. The second-order valence-corrected chi connectivity index (χ2v) is 6.50. The van der Waals surface area contributed by atoms with Gasteiger partial charge in [0.15, 0.2) is 0 Å². The van der Waals surface area contributed by atoms with Crippen molar-refractivity contribution in [1.29, 1.82) is 0 Å². The molecule has 0 aliphatic rings. The fourth-order valence-electron chi connectivity index (χ4n) is 2.20. The standard InChI is InChI=1S/C16H17F4N3OS/c1-23(2)13(14-4-3-7-25-14)9-21-15(24)22-10-5-6-12(17)11(8-10)16(18,19)20/h3-8,13H,9H2,1-2H3,(H2,21,22,24). The molecule has 0 bridgehead atoms. The summed E-state index contributed by atoms with van der Waals surface area (Å²) in [4.78, 5) is 14.9. The quantitative estimate of drug-likeness (QED) is 0.764. The number of nitrogens with one attached hydrogen (secondary N) is 2. The van der Waals surface area contributed by atoms with E-state index in [0.29, 0.717) is 12.1 Å². The molecule has 4 nitrogen and oxygen atoms in total. The zero-order valence-electron chi connectivity index (χ0n) is 13.5. The van der Waals surface area contributed by atoms with Crippen LogP contribution in [0.1, 0.15) is 16.5 Å². The van der Waals surface area contributed by atoms with Crippen LogP contribution in [-0.4, -0.2) is 31.6 Å². The van der Waals surface area contributed by atoms with E-state index >= 15 is 0 Å². The van der Waals surface area contributed by atoms with Crippen LogP contribution in [-0.2, 0) is 6.18 Å². The van der Waals surface area contributed by atoms with Crippen LogP contribution in [0, 0.1) is 5.82 Å². The first-order valence-electron chi connectivity index (χ1n) is 7.30. The molecule has 9 heteroatoms. The number of thiophene rings is 1. The SMILES string of the molecule is CN(C)C(CNC(=O)Nc1ccc(F)c(C(F)(F)F)c1)c1cccs1. The number of hydrogen-bond donors (Lipinski definition) is 2. The summed E-state index contributed by atoms with van der Waals surface area (Å²) in [6.07, 6.45) is -4.83. The Morgan fingerprint density at radius 1 is 1.28 bits per heavy atom. The third-order valence-electron chi connectivity index (χ3n) is 3.48. The van der Waals surface area contributed by atoms with Crippen molar-refractivity contribution in [3.8, 4) is 0 Å². The summed E-state index contributed by atoms with van der Waals surface area (Å²) in [5.74, 6) is -1.39. The molecule has 1 atom stereocenters. The van der Waals surface area contributed by atoms with Crippen molar-refractivity contribution in [1.82, 2.24) is 10.2 Å². The average molecular weight is 375 g/mol. The van der Waals surface area contributed by atoms with Gasteiger partial charge in [0.25, 0.3) is 0 Å². The number of alkyl halides is 3. The molecular formula is C16H17F4N3OS. The molecule has 2 rings (SSSR count). The van der Waals surface area contributed by atoms with E-state index in [0.717, 1.165) is 10.9 Å². The van der Waals surface area contributed by atoms with Gasteiger partial charge < -0.3 is 15.5 Å². The van der Waals surface area contributed by atoms with Gasteiger partial charge in [-0.2, -0.15) is 13.2 Å². The minimum Gasteiger partial charge on any atom is -0.336 e. The molecule has 25 heavy (non-hydrogen) atoms. The molecule has 2 amide bonds. The van der Waals surface area contributed by atoms with Crippen molar-refractivity contribution < 1.29 is 22.4 Å². The van der Waals surface area contributed by atoms with E-state index in [-0.39, 0.29) is 18.3 Å². The third-order valence-corrected chi connectivity index (χ3v) is 4.45. The van der Waals surface area contributed by atoms with E-state index in [1.165, 1.54) is 0 Å². The molecule has 0 spiro atoms. The van der Waals surface area contributed by atoms with E-state index in [4.69, 9.17) is 0 Å². The minimum absolute atomic E-state index is 0.0651. The predicted molar refractivity (Wildman–Crippen MR) is 89.2 cm³/mol. The van der Waals surface area contributed by atoms with Gasteiger partial charge in [0, 0.05) is 17.1 Å². The first kappa shape index (κ1) is 19.2. The van der Waals surface area contributed by atoms with Crippen LogP contribution in [0.2, 0.25) is 0 Å². The fraction of sp³-hybridized carbons (Fsp3) is 0.312. The highest BCUT2D eigenvalue weighted by molar-refractivity contribution is 7.10. The Labute approximate surface area is 146 Å². The van der Waals surface area contributed by atoms with Crippen LogP contribution in [0.15, 0.2) is 35.7 Å². The number of urea groups is 1. The Morgan fingerprint density at radius 2 is 2.00 bits per heavy atom. The van der Waals surface area contributed by atoms with Crippen LogP contribution >= 0.6 is 11.3 Å². The van der Waals surface area contributed by atoms with Gasteiger partial charge >= 0.3 is 12.2 Å². The van der Waals surface area contributed by atoms with Crippen LogP contribution in [0.5, 0.6) is 0 Å². The normalized spacial score (nSPS) is 12.9. The Hall–Kier alpha value is -2.13. The maximum absolute atomic E-state index is 13.3. The van der Waals surface area contributed by atoms with Gasteiger partial charge in [-0.05, 0) is 43.7 Å². The Morgan fingerprint density at radius 3 is 2.56 bits per heavy atom. The Kier molecular flexibility index (Phi) is 6.02. The largest absolute Gasteiger partial charge is 0.419 e. The summed E-state index contributed by atoms with van der Waals surface area (Å²) < 4.78 is 51.3. The number of amides is 2. The first-order chi connectivity index (χ1) is 11.7. The number of anilines is 1. The van der Waals surface area contributed by atoms with Crippen molar-refractivity contribution in [2.24, 2.45) is 0 Å². The monoisotopic (exact) mass is 375 g/mol. The number of carbonyl (C=O) groups is 1. The van der Waals surface area contributed by atoms with Crippen LogP contribution in [0.25, 0.3) is 0 Å². The molecule has 2 aromatic rings. The van der Waals surface area contributed by atoms with Gasteiger partial charge in [-0.25, -0.2) is 9.18 Å². The number of carbonyl (C=O) groups excluding carboxylic acids is 1. The summed E-state index contributed by atoms with van der Waals surface area (Å²) >= 11 is 1.54. The van der Waals surface area contributed by atoms with Crippen molar-refractivity contribution in [2.45, 2.75) is 12.2 Å². The Balaban J connectivity index is 2.01. The Bertz CT molecular complexity index is 717. The lowest BCUT2D eigenvalue weighted by Gasteiger charge is -2.23. The van der Waals surface area contributed by atoms with Crippen molar-refractivity contribution >= 4 is 23.1 Å². The number of nitrogens with zero attached hydrogens (tertiary/aromatic N) is 1. The van der Waals surface area contributed by atoms with E-state index in [9.17, 15) is 22.4 Å². The zero-order valence-corrected chi connectivity index (χ0v) is 14.3. The van der Waals surface area contributed by atoms with Gasteiger partial charge in [-0.15, -0.1) is 11.3 Å². The maximum Gasteiger partial charge on any atom is 0.419 e. The summed E-state index contributed by atoms with van der Waals surface area (Å²) in [6.45, 7) is 0.271. The summed E-state index contributed by atoms with van der Waals surface area (Å²) in [5.41, 5.74) is -1.56. The minimum atomic E-state index is -4.83. The van der Waals surface area contributed by atoms with E-state index < -0.39 is 23.6 Å². The molecule has 136 valence electrons. The van der Waals surface area contributed by atoms with Crippen LogP contribution in [0.4, 0.5) is 28.0 Å². The first-order valence-corrected chi connectivity index (χ1v) is 8.18. The second kappa shape index (κ2) is 7.83. The van der Waals surface area contributed by atoms with Crippen LogP contribution < -0.4 is 10.6 Å². The van der Waals surface area contributed by atoms with Crippen molar-refractivity contribution in [3.63, 3.8) is 0 Å². The van der Waals surface area contributed by atoms with E-state index in [1.54, 1.807) is 11.3 Å². The number of benzene rings is 1. The second-order valence-electron chi connectivity index (χ2n) is 5.52. The predicted octanol–water partition coefficient (Wildman–Crippen LogP) is 4.33. The lowest BCUT2D eigenvalue weighted by Crippen LogP contribution is -2.36. The van der Waals surface area contributed by atoms with Crippen molar-refractivity contribution in [2.75, 3.05) is 26.0 Å². The lowest BCUT2D eigenvalue weighted by molar-refractivity contribution is -0.139. The maximum atomic E-state index is 13.3. The third kappa shape index (κ3) is 5.17. The van der Waals surface area contributed by atoms with Gasteiger partial charge in [-0.1, -0.05) is 6.07 Å². The van der Waals surface area contributed by atoms with Crippen LogP contribution in [0.3, 0.4) is 0 Å². The highest BCUT2D eigenvalue weighted by Crippen LogP contribution is 2.33.